The van der Waals surface area contributed by atoms with Gasteiger partial charge in [-0.2, -0.15) is 0 Å². The molecule has 1 atom stereocenters. The van der Waals surface area contributed by atoms with Gasteiger partial charge in [0.2, 0.25) is 0 Å². The molecule has 0 aliphatic heterocycles. The van der Waals surface area contributed by atoms with E-state index in [4.69, 9.17) is 0 Å². The molecule has 0 saturated heterocycles. The van der Waals surface area contributed by atoms with Gasteiger partial charge in [0.1, 0.15) is 0 Å². The maximum atomic E-state index is 4.04. The van der Waals surface area contributed by atoms with Gasteiger partial charge in [-0.1, -0.05) is 32.1 Å². The Morgan fingerprint density at radius 1 is 1.24 bits per heavy atom. The second-order valence-corrected chi connectivity index (χ2v) is 5.38. The Hall–Kier alpha value is -0.890. The number of nitrogens with zero attached hydrogens (tertiary/aromatic N) is 1. The van der Waals surface area contributed by atoms with Crippen molar-refractivity contribution < 1.29 is 0 Å². The summed E-state index contributed by atoms with van der Waals surface area (Å²) >= 11 is 0. The first kappa shape index (κ1) is 12.6. The fourth-order valence-electron chi connectivity index (χ4n) is 2.80. The van der Waals surface area contributed by atoms with Crippen molar-refractivity contribution in [3.8, 4) is 0 Å². The zero-order chi connectivity index (χ0) is 11.9. The van der Waals surface area contributed by atoms with Crippen LogP contribution in [0.4, 0.5) is 0 Å². The molecule has 17 heavy (non-hydrogen) atoms. The second kappa shape index (κ2) is 6.75. The fraction of sp³-hybridized carbons (Fsp3) is 0.667. The summed E-state index contributed by atoms with van der Waals surface area (Å²) in [5, 5.41) is 3.62. The Morgan fingerprint density at radius 3 is 2.65 bits per heavy atom. The summed E-state index contributed by atoms with van der Waals surface area (Å²) in [5.74, 6) is 0.962. The summed E-state index contributed by atoms with van der Waals surface area (Å²) in [7, 11) is 0. The predicted octanol–water partition coefficient (Wildman–Crippen LogP) is 3.53. The fourth-order valence-corrected chi connectivity index (χ4v) is 2.80. The molecule has 1 aliphatic carbocycles. The Morgan fingerprint density at radius 2 is 1.94 bits per heavy atom. The van der Waals surface area contributed by atoms with Crippen molar-refractivity contribution in [3.63, 3.8) is 0 Å². The molecule has 94 valence electrons. The normalized spacial score (nSPS) is 19.1. The van der Waals surface area contributed by atoms with Gasteiger partial charge in [-0.05, 0) is 37.0 Å². The molecule has 2 rings (SSSR count). The highest BCUT2D eigenvalue weighted by Crippen LogP contribution is 2.27. The van der Waals surface area contributed by atoms with Crippen molar-refractivity contribution >= 4 is 0 Å². The van der Waals surface area contributed by atoms with E-state index in [1.165, 1.54) is 44.1 Å². The van der Waals surface area contributed by atoms with Crippen LogP contribution in [0.15, 0.2) is 24.5 Å². The minimum atomic E-state index is 0.631. The molecule has 0 amide bonds. The number of nitrogens with one attached hydrogen (secondary N) is 1. The van der Waals surface area contributed by atoms with E-state index in [0.717, 1.165) is 12.5 Å². The Kier molecular flexibility index (Phi) is 4.99. The molecular formula is C15H24N2. The molecule has 1 saturated carbocycles. The van der Waals surface area contributed by atoms with Crippen molar-refractivity contribution in [3.05, 3.63) is 30.1 Å². The van der Waals surface area contributed by atoms with Crippen LogP contribution in [0.1, 0.15) is 51.0 Å². The lowest BCUT2D eigenvalue weighted by atomic mass is 9.85. The third-order valence-electron chi connectivity index (χ3n) is 3.82. The number of hydrogen-bond donors (Lipinski definition) is 1. The smallest absolute Gasteiger partial charge is 0.0271 e. The summed E-state index contributed by atoms with van der Waals surface area (Å²) in [4.78, 5) is 4.04. The van der Waals surface area contributed by atoms with E-state index in [0.29, 0.717) is 6.04 Å². The molecule has 1 aromatic rings. The third kappa shape index (κ3) is 4.47. The number of rotatable bonds is 5. The summed E-state index contributed by atoms with van der Waals surface area (Å²) in [5.41, 5.74) is 1.33. The molecule has 1 aromatic heterocycles. The topological polar surface area (TPSA) is 24.9 Å². The zero-order valence-electron chi connectivity index (χ0n) is 10.9. The van der Waals surface area contributed by atoms with Crippen LogP contribution in [-0.2, 0) is 6.54 Å². The molecule has 1 unspecified atom stereocenters. The van der Waals surface area contributed by atoms with E-state index in [9.17, 15) is 0 Å². The van der Waals surface area contributed by atoms with Crippen LogP contribution in [-0.4, -0.2) is 11.0 Å². The highest BCUT2D eigenvalue weighted by atomic mass is 14.9. The molecule has 0 spiro atoms. The largest absolute Gasteiger partial charge is 0.310 e. The molecule has 0 aromatic carbocycles. The summed E-state index contributed by atoms with van der Waals surface area (Å²) in [6, 6.07) is 4.80. The number of pyridine rings is 1. The number of hydrogen-bond acceptors (Lipinski definition) is 2. The maximum absolute atomic E-state index is 4.04. The van der Waals surface area contributed by atoms with Gasteiger partial charge in [0.25, 0.3) is 0 Å². The van der Waals surface area contributed by atoms with Crippen LogP contribution in [0.25, 0.3) is 0 Å². The highest BCUT2D eigenvalue weighted by molar-refractivity contribution is 5.09. The van der Waals surface area contributed by atoms with Gasteiger partial charge in [0.05, 0.1) is 0 Å². The van der Waals surface area contributed by atoms with Gasteiger partial charge in [-0.15, -0.1) is 0 Å². The van der Waals surface area contributed by atoms with Crippen LogP contribution < -0.4 is 5.32 Å². The van der Waals surface area contributed by atoms with Crippen LogP contribution in [0.3, 0.4) is 0 Å². The molecule has 1 N–H and O–H groups in total. The SMILES string of the molecule is CC(CC1CCCCC1)NCc1ccncc1. The van der Waals surface area contributed by atoms with Gasteiger partial charge in [-0.3, -0.25) is 4.98 Å². The minimum Gasteiger partial charge on any atom is -0.310 e. The molecule has 0 radical (unpaired) electrons. The second-order valence-electron chi connectivity index (χ2n) is 5.38. The van der Waals surface area contributed by atoms with Gasteiger partial charge in [-0.25, -0.2) is 0 Å². The Balaban J connectivity index is 1.68. The highest BCUT2D eigenvalue weighted by Gasteiger charge is 2.15. The van der Waals surface area contributed by atoms with E-state index in [2.05, 4.69) is 29.4 Å². The average molecular weight is 232 g/mol. The summed E-state index contributed by atoms with van der Waals surface area (Å²) in [6.45, 7) is 3.28. The lowest BCUT2D eigenvalue weighted by Gasteiger charge is -2.25. The van der Waals surface area contributed by atoms with Crippen molar-refractivity contribution in [2.75, 3.05) is 0 Å². The maximum Gasteiger partial charge on any atom is 0.0271 e. The molecule has 2 heteroatoms. The van der Waals surface area contributed by atoms with Gasteiger partial charge >= 0.3 is 0 Å². The quantitative estimate of drug-likeness (QED) is 0.840. The van der Waals surface area contributed by atoms with Crippen LogP contribution >= 0.6 is 0 Å². The van der Waals surface area contributed by atoms with Gasteiger partial charge < -0.3 is 5.32 Å². The van der Waals surface area contributed by atoms with Crippen LogP contribution in [0, 0.1) is 5.92 Å². The van der Waals surface area contributed by atoms with Crippen molar-refractivity contribution in [1.29, 1.82) is 0 Å². The first-order valence-corrected chi connectivity index (χ1v) is 6.97. The van der Waals surface area contributed by atoms with Crippen molar-refractivity contribution in [2.45, 2.75) is 58.0 Å². The van der Waals surface area contributed by atoms with Crippen LogP contribution in [0.2, 0.25) is 0 Å². The predicted molar refractivity (Wildman–Crippen MR) is 71.7 cm³/mol. The Bertz CT molecular complexity index is 304. The van der Waals surface area contributed by atoms with Gasteiger partial charge in [0.15, 0.2) is 0 Å². The molecule has 1 aliphatic rings. The molecule has 0 bridgehead atoms. The van der Waals surface area contributed by atoms with Crippen molar-refractivity contribution in [1.82, 2.24) is 10.3 Å². The van der Waals surface area contributed by atoms with E-state index >= 15 is 0 Å². The van der Waals surface area contributed by atoms with Crippen LogP contribution in [0.5, 0.6) is 0 Å². The first-order valence-electron chi connectivity index (χ1n) is 6.97. The molecule has 1 fully saturated rings. The van der Waals surface area contributed by atoms with E-state index in [1.807, 2.05) is 12.4 Å². The molecule has 1 heterocycles. The lowest BCUT2D eigenvalue weighted by molar-refractivity contribution is 0.304. The monoisotopic (exact) mass is 232 g/mol. The van der Waals surface area contributed by atoms with E-state index in [1.54, 1.807) is 0 Å². The van der Waals surface area contributed by atoms with E-state index < -0.39 is 0 Å². The average Bonchev–Trinajstić information content (AvgIpc) is 2.39. The minimum absolute atomic E-state index is 0.631. The molecule has 2 nitrogen and oxygen atoms in total. The zero-order valence-corrected chi connectivity index (χ0v) is 10.9. The lowest BCUT2D eigenvalue weighted by Crippen LogP contribution is -2.28. The summed E-state index contributed by atoms with van der Waals surface area (Å²) in [6.07, 6.45) is 12.3. The third-order valence-corrected chi connectivity index (χ3v) is 3.82. The van der Waals surface area contributed by atoms with Crippen molar-refractivity contribution in [2.24, 2.45) is 5.92 Å². The first-order chi connectivity index (χ1) is 8.34. The summed E-state index contributed by atoms with van der Waals surface area (Å²) < 4.78 is 0. The number of aromatic nitrogens is 1. The van der Waals surface area contributed by atoms with Gasteiger partial charge in [0, 0.05) is 25.0 Å². The standard InChI is InChI=1S/C15H24N2/c1-13(11-14-5-3-2-4-6-14)17-12-15-7-9-16-10-8-15/h7-10,13-14,17H,2-6,11-12H2,1H3. The Labute approximate surface area is 105 Å². The molecular weight excluding hydrogens is 208 g/mol. The van der Waals surface area contributed by atoms with E-state index in [-0.39, 0.29) is 0 Å².